The summed E-state index contributed by atoms with van der Waals surface area (Å²) in [5.74, 6) is 1.41. The summed E-state index contributed by atoms with van der Waals surface area (Å²) in [6, 6.07) is 5.79. The van der Waals surface area contributed by atoms with Crippen molar-refractivity contribution in [3.05, 3.63) is 23.8 Å². The van der Waals surface area contributed by atoms with Crippen LogP contribution in [0.15, 0.2) is 18.2 Å². The molecule has 0 spiro atoms. The van der Waals surface area contributed by atoms with E-state index in [-0.39, 0.29) is 24.2 Å². The van der Waals surface area contributed by atoms with Gasteiger partial charge in [0.1, 0.15) is 5.75 Å². The topological polar surface area (TPSA) is 50.4 Å². The molecule has 1 aromatic carbocycles. The van der Waals surface area contributed by atoms with Crippen molar-refractivity contribution >= 4 is 24.0 Å². The predicted molar refractivity (Wildman–Crippen MR) is 95.1 cm³/mol. The SMILES string of the molecule is CNCC(C)C(=O)Nc1ccc(C)c(OCCC(C)C)c1.Cl. The van der Waals surface area contributed by atoms with Gasteiger partial charge < -0.3 is 15.4 Å². The first kappa shape index (κ1) is 20.7. The third-order valence-electron chi connectivity index (χ3n) is 3.37. The number of ether oxygens (including phenoxy) is 1. The summed E-state index contributed by atoms with van der Waals surface area (Å²) in [5, 5.41) is 5.94. The number of anilines is 1. The molecule has 0 saturated carbocycles. The van der Waals surface area contributed by atoms with Gasteiger partial charge in [0, 0.05) is 24.2 Å². The summed E-state index contributed by atoms with van der Waals surface area (Å²) in [6.07, 6.45) is 1.02. The maximum atomic E-state index is 12.0. The third-order valence-corrected chi connectivity index (χ3v) is 3.37. The summed E-state index contributed by atoms with van der Waals surface area (Å²) in [4.78, 5) is 12.0. The number of carbonyl (C=O) groups excluding carboxylic acids is 1. The molecule has 1 aromatic rings. The van der Waals surface area contributed by atoms with Gasteiger partial charge in [-0.3, -0.25) is 4.79 Å². The fourth-order valence-electron chi connectivity index (χ4n) is 1.90. The average Bonchev–Trinajstić information content (AvgIpc) is 2.42. The summed E-state index contributed by atoms with van der Waals surface area (Å²) < 4.78 is 5.81. The number of rotatable bonds is 8. The van der Waals surface area contributed by atoms with E-state index >= 15 is 0 Å². The standard InChI is InChI=1S/C17H28N2O2.ClH/c1-12(2)8-9-21-16-10-15(7-6-13(16)3)19-17(20)14(4)11-18-5;/h6-7,10,12,14,18H,8-9,11H2,1-5H3,(H,19,20);1H. The summed E-state index contributed by atoms with van der Waals surface area (Å²) >= 11 is 0. The monoisotopic (exact) mass is 328 g/mol. The lowest BCUT2D eigenvalue weighted by atomic mass is 10.1. The van der Waals surface area contributed by atoms with Gasteiger partial charge in [-0.25, -0.2) is 0 Å². The van der Waals surface area contributed by atoms with E-state index in [1.807, 2.05) is 39.1 Å². The molecular weight excluding hydrogens is 300 g/mol. The van der Waals surface area contributed by atoms with Crippen molar-refractivity contribution < 1.29 is 9.53 Å². The summed E-state index contributed by atoms with van der Waals surface area (Å²) in [6.45, 7) is 9.63. The Labute approximate surface area is 140 Å². The fraction of sp³-hybridized carbons (Fsp3) is 0.588. The van der Waals surface area contributed by atoms with Crippen LogP contribution in [-0.4, -0.2) is 26.1 Å². The Balaban J connectivity index is 0.00000441. The van der Waals surface area contributed by atoms with Crippen molar-refractivity contribution in [3.63, 3.8) is 0 Å². The Bertz CT molecular complexity index is 464. The zero-order valence-corrected chi connectivity index (χ0v) is 15.0. The normalized spacial score (nSPS) is 11.7. The van der Waals surface area contributed by atoms with Gasteiger partial charge in [-0.05, 0) is 37.9 Å². The van der Waals surface area contributed by atoms with Gasteiger partial charge in [0.05, 0.1) is 6.61 Å². The Hall–Kier alpha value is -1.26. The van der Waals surface area contributed by atoms with Crippen LogP contribution >= 0.6 is 12.4 Å². The van der Waals surface area contributed by atoms with Crippen LogP contribution in [0.1, 0.15) is 32.8 Å². The fourth-order valence-corrected chi connectivity index (χ4v) is 1.90. The van der Waals surface area contributed by atoms with E-state index in [9.17, 15) is 4.79 Å². The molecule has 126 valence electrons. The minimum Gasteiger partial charge on any atom is -0.493 e. The molecule has 4 nitrogen and oxygen atoms in total. The van der Waals surface area contributed by atoms with Crippen molar-refractivity contribution in [2.75, 3.05) is 25.5 Å². The average molecular weight is 329 g/mol. The van der Waals surface area contributed by atoms with Gasteiger partial charge in [0.15, 0.2) is 0 Å². The Morgan fingerprint density at radius 3 is 2.55 bits per heavy atom. The second-order valence-electron chi connectivity index (χ2n) is 5.96. The molecule has 1 rings (SSSR count). The summed E-state index contributed by atoms with van der Waals surface area (Å²) in [5.41, 5.74) is 1.87. The molecule has 22 heavy (non-hydrogen) atoms. The molecule has 0 fully saturated rings. The highest BCUT2D eigenvalue weighted by Crippen LogP contribution is 2.23. The van der Waals surface area contributed by atoms with Crippen LogP contribution in [-0.2, 0) is 4.79 Å². The molecule has 1 unspecified atom stereocenters. The zero-order valence-electron chi connectivity index (χ0n) is 14.2. The van der Waals surface area contributed by atoms with Crippen LogP contribution in [0.3, 0.4) is 0 Å². The van der Waals surface area contributed by atoms with Crippen LogP contribution in [0, 0.1) is 18.8 Å². The number of benzene rings is 1. The molecule has 0 aliphatic heterocycles. The lowest BCUT2D eigenvalue weighted by Gasteiger charge is -2.14. The molecule has 1 amide bonds. The third kappa shape index (κ3) is 7.14. The van der Waals surface area contributed by atoms with E-state index in [1.54, 1.807) is 0 Å². The van der Waals surface area contributed by atoms with Crippen LogP contribution in [0.4, 0.5) is 5.69 Å². The number of carbonyl (C=O) groups is 1. The zero-order chi connectivity index (χ0) is 15.8. The molecule has 0 aromatic heterocycles. The largest absolute Gasteiger partial charge is 0.493 e. The van der Waals surface area contributed by atoms with Gasteiger partial charge in [0.25, 0.3) is 0 Å². The molecule has 0 heterocycles. The number of amides is 1. The molecule has 0 saturated heterocycles. The maximum absolute atomic E-state index is 12.0. The quantitative estimate of drug-likeness (QED) is 0.766. The number of aryl methyl sites for hydroxylation is 1. The smallest absolute Gasteiger partial charge is 0.228 e. The van der Waals surface area contributed by atoms with E-state index in [2.05, 4.69) is 24.5 Å². The molecule has 0 bridgehead atoms. The number of halogens is 1. The van der Waals surface area contributed by atoms with Crippen molar-refractivity contribution in [1.82, 2.24) is 5.32 Å². The molecule has 0 aliphatic rings. The Morgan fingerprint density at radius 2 is 1.95 bits per heavy atom. The Morgan fingerprint density at radius 1 is 1.27 bits per heavy atom. The van der Waals surface area contributed by atoms with Crippen molar-refractivity contribution in [2.45, 2.75) is 34.1 Å². The van der Waals surface area contributed by atoms with Crippen LogP contribution in [0.2, 0.25) is 0 Å². The van der Waals surface area contributed by atoms with Gasteiger partial charge in [0.2, 0.25) is 5.91 Å². The second-order valence-corrected chi connectivity index (χ2v) is 5.96. The highest BCUT2D eigenvalue weighted by molar-refractivity contribution is 5.92. The number of hydrogen-bond acceptors (Lipinski definition) is 3. The molecule has 2 N–H and O–H groups in total. The van der Waals surface area contributed by atoms with Crippen LogP contribution in [0.25, 0.3) is 0 Å². The van der Waals surface area contributed by atoms with E-state index < -0.39 is 0 Å². The maximum Gasteiger partial charge on any atom is 0.228 e. The van der Waals surface area contributed by atoms with Gasteiger partial charge in [-0.15, -0.1) is 12.4 Å². The highest BCUT2D eigenvalue weighted by Gasteiger charge is 2.12. The highest BCUT2D eigenvalue weighted by atomic mass is 35.5. The molecule has 0 radical (unpaired) electrons. The first-order valence-electron chi connectivity index (χ1n) is 7.63. The minimum atomic E-state index is -0.0680. The van der Waals surface area contributed by atoms with E-state index in [0.29, 0.717) is 19.1 Å². The van der Waals surface area contributed by atoms with Gasteiger partial charge in [-0.2, -0.15) is 0 Å². The van der Waals surface area contributed by atoms with Crippen molar-refractivity contribution in [1.29, 1.82) is 0 Å². The lowest BCUT2D eigenvalue weighted by Crippen LogP contribution is -2.28. The van der Waals surface area contributed by atoms with E-state index in [1.165, 1.54) is 0 Å². The molecule has 5 heteroatoms. The predicted octanol–water partition coefficient (Wildman–Crippen LogP) is 3.64. The van der Waals surface area contributed by atoms with Crippen molar-refractivity contribution in [2.24, 2.45) is 11.8 Å². The van der Waals surface area contributed by atoms with E-state index in [4.69, 9.17) is 4.74 Å². The van der Waals surface area contributed by atoms with Crippen LogP contribution in [0.5, 0.6) is 5.75 Å². The molecule has 0 aliphatic carbocycles. The number of hydrogen-bond donors (Lipinski definition) is 2. The van der Waals surface area contributed by atoms with Crippen molar-refractivity contribution in [3.8, 4) is 5.75 Å². The first-order valence-corrected chi connectivity index (χ1v) is 7.63. The first-order chi connectivity index (χ1) is 9.93. The lowest BCUT2D eigenvalue weighted by molar-refractivity contribution is -0.119. The van der Waals surface area contributed by atoms with Crippen LogP contribution < -0.4 is 15.4 Å². The molecular formula is C17H29ClN2O2. The van der Waals surface area contributed by atoms with Gasteiger partial charge in [-0.1, -0.05) is 26.8 Å². The summed E-state index contributed by atoms with van der Waals surface area (Å²) in [7, 11) is 1.84. The minimum absolute atomic E-state index is 0. The van der Waals surface area contributed by atoms with Gasteiger partial charge >= 0.3 is 0 Å². The number of nitrogens with one attached hydrogen (secondary N) is 2. The molecule has 1 atom stereocenters. The second kappa shape index (κ2) is 10.5. The Kier molecular flexibility index (Phi) is 9.86. The van der Waals surface area contributed by atoms with E-state index in [0.717, 1.165) is 23.4 Å².